The molecule has 0 saturated carbocycles. The normalized spacial score (nSPS) is 13.5. The van der Waals surface area contributed by atoms with Gasteiger partial charge in [0.2, 0.25) is 0 Å². The molecule has 0 aliphatic carbocycles. The lowest BCUT2D eigenvalue weighted by molar-refractivity contribution is -0.0728. The van der Waals surface area contributed by atoms with E-state index < -0.39 is 34.9 Å². The van der Waals surface area contributed by atoms with Crippen molar-refractivity contribution in [3.63, 3.8) is 0 Å². The Balaban J connectivity index is 2.60. The van der Waals surface area contributed by atoms with Crippen molar-refractivity contribution in [2.75, 3.05) is 7.11 Å². The van der Waals surface area contributed by atoms with Gasteiger partial charge in [-0.15, -0.1) is 0 Å². The summed E-state index contributed by atoms with van der Waals surface area (Å²) in [5.74, 6) is -1.22. The summed E-state index contributed by atoms with van der Waals surface area (Å²) in [5.41, 5.74) is -1.89. The Morgan fingerprint density at radius 3 is 2.41 bits per heavy atom. The van der Waals surface area contributed by atoms with Gasteiger partial charge >= 0.3 is 6.09 Å². The predicted octanol–water partition coefficient (Wildman–Crippen LogP) is 3.99. The number of methoxy groups -OCH3 is 1. The highest BCUT2D eigenvalue weighted by atomic mass is 19.1. The monoisotopic (exact) mass is 382 g/mol. The summed E-state index contributed by atoms with van der Waals surface area (Å²) in [6, 6.07) is 2.08. The molecule has 1 aromatic heterocycles. The molecule has 27 heavy (non-hydrogen) atoms. The number of ether oxygens (including phenoxy) is 1. The maximum Gasteiger partial charge on any atom is 0.408 e. The number of halogens is 2. The van der Waals surface area contributed by atoms with E-state index in [1.54, 1.807) is 34.6 Å². The van der Waals surface area contributed by atoms with Crippen LogP contribution < -0.4 is 0 Å². The first-order valence-corrected chi connectivity index (χ1v) is 8.33. The van der Waals surface area contributed by atoms with E-state index in [9.17, 15) is 18.7 Å². The summed E-state index contributed by atoms with van der Waals surface area (Å²) < 4.78 is 33.1. The number of amides is 1. The van der Waals surface area contributed by atoms with E-state index in [-0.39, 0.29) is 17.2 Å². The Kier molecular flexibility index (Phi) is 5.55. The summed E-state index contributed by atoms with van der Waals surface area (Å²) >= 11 is 0. The summed E-state index contributed by atoms with van der Waals surface area (Å²) in [6.07, 6.45) is -1.17. The quantitative estimate of drug-likeness (QED) is 0.816. The summed E-state index contributed by atoms with van der Waals surface area (Å²) in [7, 11) is 1.46. The van der Waals surface area contributed by atoms with Crippen LogP contribution in [0.3, 0.4) is 0 Å². The first kappa shape index (κ1) is 20.8. The van der Waals surface area contributed by atoms with Gasteiger partial charge in [0.1, 0.15) is 17.7 Å². The number of nitrogens with one attached hydrogen (secondary N) is 1. The first-order valence-electron chi connectivity index (χ1n) is 8.33. The third-order valence-electron chi connectivity index (χ3n) is 4.30. The van der Waals surface area contributed by atoms with Crippen LogP contribution in [0.25, 0.3) is 11.4 Å². The number of nitrogens with zero attached hydrogens (tertiary/aromatic N) is 3. The molecule has 0 saturated heterocycles. The van der Waals surface area contributed by atoms with Crippen LogP contribution in [0.2, 0.25) is 0 Å². The predicted molar refractivity (Wildman–Crippen MR) is 95.2 cm³/mol. The molecule has 0 radical (unpaired) electrons. The second-order valence-corrected chi connectivity index (χ2v) is 7.70. The Hall–Kier alpha value is -2.55. The zero-order valence-electron chi connectivity index (χ0n) is 16.2. The molecule has 2 N–H and O–H groups in total. The highest BCUT2D eigenvalue weighted by Gasteiger charge is 2.45. The lowest BCUT2D eigenvalue weighted by atomic mass is 9.92. The van der Waals surface area contributed by atoms with Crippen molar-refractivity contribution < 1.29 is 23.4 Å². The molecular weight excluding hydrogens is 358 g/mol. The largest absolute Gasteiger partial charge is 0.465 e. The molecule has 148 valence electrons. The van der Waals surface area contributed by atoms with Crippen molar-refractivity contribution in [3.05, 3.63) is 35.7 Å². The summed E-state index contributed by atoms with van der Waals surface area (Å²) in [6.45, 7) is 8.64. The van der Waals surface area contributed by atoms with Crippen LogP contribution >= 0.6 is 0 Å². The van der Waals surface area contributed by atoms with E-state index >= 15 is 0 Å². The maximum atomic E-state index is 14.1. The molecule has 1 heterocycles. The van der Waals surface area contributed by atoms with Gasteiger partial charge in [-0.2, -0.15) is 5.10 Å². The fourth-order valence-corrected chi connectivity index (χ4v) is 2.84. The molecule has 0 spiro atoms. The number of H-pyrrole nitrogens is 1. The third-order valence-corrected chi connectivity index (χ3v) is 4.30. The van der Waals surface area contributed by atoms with Crippen molar-refractivity contribution in [2.24, 2.45) is 0 Å². The number of hydrogen-bond donors (Lipinski definition) is 2. The third kappa shape index (κ3) is 4.24. The van der Waals surface area contributed by atoms with E-state index in [0.717, 1.165) is 18.2 Å². The van der Waals surface area contributed by atoms with Crippen LogP contribution in [0.1, 0.15) is 46.5 Å². The van der Waals surface area contributed by atoms with E-state index in [1.807, 2.05) is 0 Å². The molecule has 1 amide bonds. The highest BCUT2D eigenvalue weighted by molar-refractivity contribution is 5.67. The van der Waals surface area contributed by atoms with Crippen molar-refractivity contribution in [1.82, 2.24) is 20.1 Å². The Morgan fingerprint density at radius 1 is 1.26 bits per heavy atom. The smallest absolute Gasteiger partial charge is 0.408 e. The molecule has 0 aliphatic rings. The van der Waals surface area contributed by atoms with E-state index in [4.69, 9.17) is 4.74 Å². The van der Waals surface area contributed by atoms with Crippen LogP contribution in [0.15, 0.2) is 18.2 Å². The van der Waals surface area contributed by atoms with Crippen molar-refractivity contribution in [3.8, 4) is 11.4 Å². The van der Waals surface area contributed by atoms with Gasteiger partial charge in [-0.05, 0) is 52.8 Å². The number of aromatic amines is 1. The zero-order chi connectivity index (χ0) is 20.6. The average Bonchev–Trinajstić information content (AvgIpc) is 3.02. The van der Waals surface area contributed by atoms with Gasteiger partial charge < -0.3 is 9.84 Å². The Labute approximate surface area is 156 Å². The Bertz CT molecular complexity index is 830. The standard InChI is InChI=1S/C18H24F2N4O3/c1-17(2,3)24(16(25)26)13(18(4,5)27-6)15-21-14(22-23-15)11-9-10(19)7-8-12(11)20/h7-9,13H,1-6H3,(H,25,26)(H,21,22,23)/t13-/m0/s1. The van der Waals surface area contributed by atoms with Gasteiger partial charge in [0.05, 0.1) is 11.2 Å². The van der Waals surface area contributed by atoms with Crippen molar-refractivity contribution in [2.45, 2.75) is 51.8 Å². The molecular formula is C18H24F2N4O3. The lowest BCUT2D eigenvalue weighted by Gasteiger charge is -2.44. The molecule has 9 heteroatoms. The van der Waals surface area contributed by atoms with Gasteiger partial charge in [0, 0.05) is 12.6 Å². The van der Waals surface area contributed by atoms with Gasteiger partial charge in [-0.25, -0.2) is 18.6 Å². The molecule has 0 aliphatic heterocycles. The van der Waals surface area contributed by atoms with Crippen LogP contribution in [0, 0.1) is 11.6 Å². The van der Waals surface area contributed by atoms with Gasteiger partial charge in [0.25, 0.3) is 0 Å². The van der Waals surface area contributed by atoms with Crippen molar-refractivity contribution in [1.29, 1.82) is 0 Å². The van der Waals surface area contributed by atoms with Crippen molar-refractivity contribution >= 4 is 6.09 Å². The number of aromatic nitrogens is 3. The average molecular weight is 382 g/mol. The summed E-state index contributed by atoms with van der Waals surface area (Å²) in [5, 5.41) is 16.4. The molecule has 2 rings (SSSR count). The molecule has 0 bridgehead atoms. The number of carboxylic acid groups (broad SMARTS) is 1. The number of rotatable bonds is 5. The number of carbonyl (C=O) groups is 1. The van der Waals surface area contributed by atoms with E-state index in [0.29, 0.717) is 0 Å². The van der Waals surface area contributed by atoms with Crippen LogP contribution in [-0.2, 0) is 4.74 Å². The fraction of sp³-hybridized carbons (Fsp3) is 0.500. The minimum Gasteiger partial charge on any atom is -0.465 e. The van der Waals surface area contributed by atoms with E-state index in [1.165, 1.54) is 12.0 Å². The van der Waals surface area contributed by atoms with Gasteiger partial charge in [-0.3, -0.25) is 10.00 Å². The molecule has 1 aromatic carbocycles. The molecule has 7 nitrogen and oxygen atoms in total. The second-order valence-electron chi connectivity index (χ2n) is 7.70. The first-order chi connectivity index (χ1) is 12.4. The SMILES string of the molecule is COC(C)(C)[C@H](c1nc(-c2cc(F)ccc2F)n[nH]1)N(C(=O)O)C(C)(C)C. The van der Waals surface area contributed by atoms with Crippen LogP contribution in [0.5, 0.6) is 0 Å². The van der Waals surface area contributed by atoms with Gasteiger partial charge in [0.15, 0.2) is 11.6 Å². The van der Waals surface area contributed by atoms with Gasteiger partial charge in [-0.1, -0.05) is 0 Å². The number of hydrogen-bond acceptors (Lipinski definition) is 4. The number of benzene rings is 1. The zero-order valence-corrected chi connectivity index (χ0v) is 16.2. The van der Waals surface area contributed by atoms with Crippen LogP contribution in [0.4, 0.5) is 13.6 Å². The lowest BCUT2D eigenvalue weighted by Crippen LogP contribution is -2.54. The fourth-order valence-electron chi connectivity index (χ4n) is 2.84. The maximum absolute atomic E-state index is 14.1. The second kappa shape index (κ2) is 7.22. The highest BCUT2D eigenvalue weighted by Crippen LogP contribution is 2.37. The molecule has 1 atom stereocenters. The topological polar surface area (TPSA) is 91.3 Å². The minimum atomic E-state index is -1.17. The molecule has 2 aromatic rings. The minimum absolute atomic E-state index is 0.0712. The molecule has 0 unspecified atom stereocenters. The summed E-state index contributed by atoms with van der Waals surface area (Å²) in [4.78, 5) is 17.5. The van der Waals surface area contributed by atoms with E-state index in [2.05, 4.69) is 15.2 Å². The molecule has 0 fully saturated rings. The Morgan fingerprint density at radius 2 is 1.89 bits per heavy atom. The van der Waals surface area contributed by atoms with Crippen LogP contribution in [-0.4, -0.2) is 49.5 Å².